The SMILES string of the molecule is O=C(C=C1CC1)OCc1ccccc1. The minimum absolute atomic E-state index is 0.221. The summed E-state index contributed by atoms with van der Waals surface area (Å²) in [5.74, 6) is -0.221. The van der Waals surface area contributed by atoms with Crippen molar-refractivity contribution < 1.29 is 9.53 Å². The molecular formula is C12H12O2. The minimum Gasteiger partial charge on any atom is -0.458 e. The molecule has 1 aliphatic rings. The molecule has 0 radical (unpaired) electrons. The van der Waals surface area contributed by atoms with E-state index in [9.17, 15) is 4.79 Å². The van der Waals surface area contributed by atoms with Crippen LogP contribution in [0.3, 0.4) is 0 Å². The Morgan fingerprint density at radius 2 is 2.00 bits per heavy atom. The molecule has 2 rings (SSSR count). The largest absolute Gasteiger partial charge is 0.458 e. The highest BCUT2D eigenvalue weighted by atomic mass is 16.5. The van der Waals surface area contributed by atoms with Crippen LogP contribution in [0, 0.1) is 0 Å². The van der Waals surface area contributed by atoms with Gasteiger partial charge in [0.2, 0.25) is 0 Å². The van der Waals surface area contributed by atoms with Crippen LogP contribution in [0.1, 0.15) is 18.4 Å². The van der Waals surface area contributed by atoms with Crippen LogP contribution in [-0.4, -0.2) is 5.97 Å². The molecule has 0 bridgehead atoms. The zero-order valence-electron chi connectivity index (χ0n) is 7.90. The highest BCUT2D eigenvalue weighted by Crippen LogP contribution is 2.27. The zero-order valence-corrected chi connectivity index (χ0v) is 7.90. The summed E-state index contributed by atoms with van der Waals surface area (Å²) in [5.41, 5.74) is 2.22. The van der Waals surface area contributed by atoms with E-state index in [0.29, 0.717) is 6.61 Å². The third-order valence-electron chi connectivity index (χ3n) is 2.08. The van der Waals surface area contributed by atoms with Crippen molar-refractivity contribution in [2.75, 3.05) is 0 Å². The van der Waals surface area contributed by atoms with Crippen LogP contribution in [0.15, 0.2) is 42.0 Å². The van der Waals surface area contributed by atoms with E-state index in [1.165, 1.54) is 5.57 Å². The van der Waals surface area contributed by atoms with E-state index in [0.717, 1.165) is 18.4 Å². The fourth-order valence-electron chi connectivity index (χ4n) is 1.15. The Kier molecular flexibility index (Phi) is 2.63. The Hall–Kier alpha value is -1.57. The molecule has 0 N–H and O–H groups in total. The Labute approximate surface area is 83.2 Å². The summed E-state index contributed by atoms with van der Waals surface area (Å²) < 4.78 is 5.06. The van der Waals surface area contributed by atoms with Gasteiger partial charge in [0.1, 0.15) is 6.61 Å². The van der Waals surface area contributed by atoms with Crippen LogP contribution in [0.2, 0.25) is 0 Å². The zero-order chi connectivity index (χ0) is 9.80. The Morgan fingerprint density at radius 1 is 1.29 bits per heavy atom. The number of allylic oxidation sites excluding steroid dienone is 1. The molecule has 1 fully saturated rings. The van der Waals surface area contributed by atoms with Gasteiger partial charge in [0.05, 0.1) is 0 Å². The van der Waals surface area contributed by atoms with E-state index < -0.39 is 0 Å². The highest BCUT2D eigenvalue weighted by Gasteiger charge is 2.13. The molecule has 2 nitrogen and oxygen atoms in total. The molecule has 0 saturated heterocycles. The van der Waals surface area contributed by atoms with Gasteiger partial charge in [-0.2, -0.15) is 0 Å². The first-order valence-corrected chi connectivity index (χ1v) is 4.75. The Balaban J connectivity index is 1.82. The molecule has 0 atom stereocenters. The third-order valence-corrected chi connectivity index (χ3v) is 2.08. The number of carbonyl (C=O) groups is 1. The molecule has 2 heteroatoms. The number of esters is 1. The predicted molar refractivity (Wildman–Crippen MR) is 53.6 cm³/mol. The lowest BCUT2D eigenvalue weighted by atomic mass is 10.2. The Bertz CT molecular complexity index is 346. The average molecular weight is 188 g/mol. The van der Waals surface area contributed by atoms with Gasteiger partial charge >= 0.3 is 5.97 Å². The smallest absolute Gasteiger partial charge is 0.331 e. The van der Waals surface area contributed by atoms with Gasteiger partial charge in [-0.3, -0.25) is 0 Å². The molecule has 0 aliphatic heterocycles. The molecule has 1 aliphatic carbocycles. The first kappa shape index (κ1) is 9.00. The van der Waals surface area contributed by atoms with Crippen molar-refractivity contribution in [3.63, 3.8) is 0 Å². The summed E-state index contributed by atoms with van der Waals surface area (Å²) in [7, 11) is 0. The van der Waals surface area contributed by atoms with Gasteiger partial charge in [0.25, 0.3) is 0 Å². The highest BCUT2D eigenvalue weighted by molar-refractivity contribution is 5.83. The van der Waals surface area contributed by atoms with Crippen LogP contribution in [0.4, 0.5) is 0 Å². The lowest BCUT2D eigenvalue weighted by Gasteiger charge is -2.00. The van der Waals surface area contributed by atoms with E-state index >= 15 is 0 Å². The molecule has 0 amide bonds. The van der Waals surface area contributed by atoms with Crippen molar-refractivity contribution in [1.82, 2.24) is 0 Å². The lowest BCUT2D eigenvalue weighted by Crippen LogP contribution is -2.00. The summed E-state index contributed by atoms with van der Waals surface area (Å²) in [6.45, 7) is 0.365. The van der Waals surface area contributed by atoms with Crippen molar-refractivity contribution in [2.45, 2.75) is 19.4 Å². The van der Waals surface area contributed by atoms with E-state index in [1.54, 1.807) is 6.08 Å². The van der Waals surface area contributed by atoms with E-state index in [1.807, 2.05) is 30.3 Å². The van der Waals surface area contributed by atoms with Gasteiger partial charge in [0.15, 0.2) is 0 Å². The molecule has 0 aromatic heterocycles. The first-order valence-electron chi connectivity index (χ1n) is 4.75. The maximum Gasteiger partial charge on any atom is 0.331 e. The monoisotopic (exact) mass is 188 g/mol. The molecule has 72 valence electrons. The van der Waals surface area contributed by atoms with Gasteiger partial charge in [-0.05, 0) is 18.4 Å². The number of hydrogen-bond donors (Lipinski definition) is 0. The van der Waals surface area contributed by atoms with Crippen LogP contribution >= 0.6 is 0 Å². The second kappa shape index (κ2) is 4.09. The van der Waals surface area contributed by atoms with Gasteiger partial charge in [-0.15, -0.1) is 0 Å². The fraction of sp³-hybridized carbons (Fsp3) is 0.250. The predicted octanol–water partition coefficient (Wildman–Crippen LogP) is 2.45. The molecule has 1 aromatic rings. The van der Waals surface area contributed by atoms with E-state index in [4.69, 9.17) is 4.74 Å². The van der Waals surface area contributed by atoms with Crippen molar-refractivity contribution in [3.8, 4) is 0 Å². The molecular weight excluding hydrogens is 176 g/mol. The number of hydrogen-bond acceptors (Lipinski definition) is 2. The average Bonchev–Trinajstić information content (AvgIpc) is 3.00. The fourth-order valence-corrected chi connectivity index (χ4v) is 1.15. The number of ether oxygens (including phenoxy) is 1. The van der Waals surface area contributed by atoms with E-state index in [-0.39, 0.29) is 5.97 Å². The van der Waals surface area contributed by atoms with Crippen molar-refractivity contribution in [3.05, 3.63) is 47.5 Å². The third kappa shape index (κ3) is 2.73. The van der Waals surface area contributed by atoms with Crippen molar-refractivity contribution >= 4 is 5.97 Å². The lowest BCUT2D eigenvalue weighted by molar-refractivity contribution is -0.139. The number of rotatable bonds is 3. The normalized spacial score (nSPS) is 13.6. The minimum atomic E-state index is -0.221. The second-order valence-corrected chi connectivity index (χ2v) is 3.40. The van der Waals surface area contributed by atoms with Crippen LogP contribution in [0.25, 0.3) is 0 Å². The second-order valence-electron chi connectivity index (χ2n) is 3.40. The number of carbonyl (C=O) groups excluding carboxylic acids is 1. The van der Waals surface area contributed by atoms with Crippen LogP contribution in [0.5, 0.6) is 0 Å². The van der Waals surface area contributed by atoms with Gasteiger partial charge in [-0.1, -0.05) is 35.9 Å². The molecule has 14 heavy (non-hydrogen) atoms. The summed E-state index contributed by atoms with van der Waals surface area (Å²) in [6.07, 6.45) is 3.71. The van der Waals surface area contributed by atoms with Crippen molar-refractivity contribution in [2.24, 2.45) is 0 Å². The molecule has 0 heterocycles. The summed E-state index contributed by atoms with van der Waals surface area (Å²) in [4.78, 5) is 11.2. The Morgan fingerprint density at radius 3 is 2.64 bits per heavy atom. The first-order chi connectivity index (χ1) is 6.84. The van der Waals surface area contributed by atoms with Gasteiger partial charge in [-0.25, -0.2) is 4.79 Å². The van der Waals surface area contributed by atoms with Crippen molar-refractivity contribution in [1.29, 1.82) is 0 Å². The molecule has 1 saturated carbocycles. The summed E-state index contributed by atoms with van der Waals surface area (Å²) >= 11 is 0. The maximum absolute atomic E-state index is 11.2. The molecule has 0 spiro atoms. The quantitative estimate of drug-likeness (QED) is 0.538. The van der Waals surface area contributed by atoms with Gasteiger partial charge < -0.3 is 4.74 Å². The van der Waals surface area contributed by atoms with Crippen LogP contribution in [-0.2, 0) is 16.1 Å². The number of benzene rings is 1. The summed E-state index contributed by atoms with van der Waals surface area (Å²) in [6, 6.07) is 9.69. The van der Waals surface area contributed by atoms with Gasteiger partial charge in [0, 0.05) is 6.08 Å². The maximum atomic E-state index is 11.2. The summed E-state index contributed by atoms with van der Waals surface area (Å²) in [5, 5.41) is 0. The topological polar surface area (TPSA) is 26.3 Å². The van der Waals surface area contributed by atoms with E-state index in [2.05, 4.69) is 0 Å². The molecule has 0 unspecified atom stereocenters. The molecule has 1 aromatic carbocycles. The standard InChI is InChI=1S/C12H12O2/c13-12(8-10-6-7-10)14-9-11-4-2-1-3-5-11/h1-5,8H,6-7,9H2. The van der Waals surface area contributed by atoms with Crippen LogP contribution < -0.4 is 0 Å².